The molecule has 0 radical (unpaired) electrons. The Morgan fingerprint density at radius 1 is 0.871 bits per heavy atom. The predicted molar refractivity (Wildman–Crippen MR) is 119 cm³/mol. The molecule has 0 fully saturated rings. The third-order valence-corrected chi connectivity index (χ3v) is 5.07. The highest BCUT2D eigenvalue weighted by Crippen LogP contribution is 2.40. The molecular formula is C25H17NO5. The smallest absolute Gasteiger partial charge is 0.349 e. The Kier molecular flexibility index (Phi) is 4.52. The minimum Gasteiger partial charge on any atom is -0.497 e. The lowest BCUT2D eigenvalue weighted by Crippen LogP contribution is -2.13. The van der Waals surface area contributed by atoms with Crippen molar-refractivity contribution >= 4 is 33.5 Å². The summed E-state index contributed by atoms with van der Waals surface area (Å²) in [6, 6.07) is 23.1. The van der Waals surface area contributed by atoms with E-state index in [1.165, 1.54) is 0 Å². The number of carbonyl (C=O) groups is 1. The van der Waals surface area contributed by atoms with Crippen LogP contribution in [0.2, 0.25) is 0 Å². The Morgan fingerprint density at radius 2 is 1.58 bits per heavy atom. The van der Waals surface area contributed by atoms with Crippen molar-refractivity contribution in [2.45, 2.75) is 0 Å². The van der Waals surface area contributed by atoms with Gasteiger partial charge >= 0.3 is 5.63 Å². The van der Waals surface area contributed by atoms with Gasteiger partial charge in [-0.3, -0.25) is 4.79 Å². The number of benzene rings is 3. The number of fused-ring (bicyclic) bond motifs is 3. The van der Waals surface area contributed by atoms with Crippen LogP contribution in [0.15, 0.2) is 92.5 Å². The van der Waals surface area contributed by atoms with Crippen LogP contribution in [0.1, 0.15) is 10.4 Å². The van der Waals surface area contributed by atoms with Crippen molar-refractivity contribution in [3.05, 3.63) is 94.8 Å². The van der Waals surface area contributed by atoms with E-state index in [0.717, 1.165) is 0 Å². The van der Waals surface area contributed by atoms with Crippen molar-refractivity contribution in [1.82, 2.24) is 0 Å². The van der Waals surface area contributed by atoms with Crippen molar-refractivity contribution in [1.29, 1.82) is 0 Å². The minimum absolute atomic E-state index is 0.189. The number of hydrogen-bond acceptors (Lipinski definition) is 5. The average molecular weight is 411 g/mol. The number of ether oxygens (including phenoxy) is 1. The summed E-state index contributed by atoms with van der Waals surface area (Å²) in [5.41, 5.74) is 1.61. The number of furan rings is 1. The summed E-state index contributed by atoms with van der Waals surface area (Å²) in [7, 11) is 1.58. The molecule has 0 aliphatic heterocycles. The molecule has 6 heteroatoms. The lowest BCUT2D eigenvalue weighted by molar-refractivity contribution is 0.102. The molecule has 1 amide bonds. The third-order valence-electron chi connectivity index (χ3n) is 5.07. The second-order valence-electron chi connectivity index (χ2n) is 6.94. The maximum atomic E-state index is 12.9. The SMILES string of the molecule is COc1ccc(-c2oc3c(c2NC(=O)c2ccccc2)c(=O)oc2ccccc23)cc1. The van der Waals surface area contributed by atoms with Crippen LogP contribution in [0.25, 0.3) is 33.3 Å². The second kappa shape index (κ2) is 7.50. The number of rotatable bonds is 4. The molecule has 5 aromatic rings. The molecule has 0 aliphatic carbocycles. The fourth-order valence-electron chi connectivity index (χ4n) is 3.55. The lowest BCUT2D eigenvalue weighted by Gasteiger charge is -2.07. The molecule has 2 heterocycles. The Morgan fingerprint density at radius 3 is 2.32 bits per heavy atom. The van der Waals surface area contributed by atoms with Crippen molar-refractivity contribution in [2.75, 3.05) is 12.4 Å². The zero-order chi connectivity index (χ0) is 21.4. The summed E-state index contributed by atoms with van der Waals surface area (Å²) in [5.74, 6) is 0.691. The normalized spacial score (nSPS) is 11.0. The van der Waals surface area contributed by atoms with Gasteiger partial charge in [0.05, 0.1) is 12.5 Å². The molecule has 0 saturated carbocycles. The Balaban J connectivity index is 1.76. The van der Waals surface area contributed by atoms with Crippen LogP contribution in [-0.2, 0) is 0 Å². The molecule has 2 aromatic heterocycles. The Hall–Kier alpha value is -4.32. The van der Waals surface area contributed by atoms with Gasteiger partial charge in [-0.05, 0) is 48.5 Å². The van der Waals surface area contributed by atoms with Crippen LogP contribution >= 0.6 is 0 Å². The van der Waals surface area contributed by atoms with E-state index >= 15 is 0 Å². The van der Waals surface area contributed by atoms with E-state index in [0.29, 0.717) is 39.2 Å². The first-order chi connectivity index (χ1) is 15.2. The van der Waals surface area contributed by atoms with Crippen molar-refractivity contribution in [3.63, 3.8) is 0 Å². The van der Waals surface area contributed by atoms with Gasteiger partial charge in [-0.1, -0.05) is 30.3 Å². The summed E-state index contributed by atoms with van der Waals surface area (Å²) in [5, 5.41) is 3.69. The van der Waals surface area contributed by atoms with Gasteiger partial charge in [0, 0.05) is 11.1 Å². The number of methoxy groups -OCH3 is 1. The van der Waals surface area contributed by atoms with Gasteiger partial charge in [0.15, 0.2) is 11.3 Å². The number of carbonyl (C=O) groups excluding carboxylic acids is 1. The molecule has 6 nitrogen and oxygen atoms in total. The molecule has 31 heavy (non-hydrogen) atoms. The maximum absolute atomic E-state index is 12.9. The second-order valence-corrected chi connectivity index (χ2v) is 6.94. The molecule has 0 aliphatic rings. The quantitative estimate of drug-likeness (QED) is 0.397. The van der Waals surface area contributed by atoms with Crippen LogP contribution in [0, 0.1) is 0 Å². The molecule has 0 bridgehead atoms. The summed E-state index contributed by atoms with van der Waals surface area (Å²) in [4.78, 5) is 25.8. The molecule has 152 valence electrons. The highest BCUT2D eigenvalue weighted by Gasteiger charge is 2.24. The third kappa shape index (κ3) is 3.24. The first-order valence-corrected chi connectivity index (χ1v) is 9.65. The molecule has 0 saturated heterocycles. The summed E-state index contributed by atoms with van der Waals surface area (Å²) >= 11 is 0. The fourth-order valence-corrected chi connectivity index (χ4v) is 3.55. The van der Waals surface area contributed by atoms with Gasteiger partial charge in [0.25, 0.3) is 5.91 Å². The van der Waals surface area contributed by atoms with Crippen molar-refractivity contribution in [2.24, 2.45) is 0 Å². The number of hydrogen-bond donors (Lipinski definition) is 1. The van der Waals surface area contributed by atoms with Crippen LogP contribution < -0.4 is 15.7 Å². The monoisotopic (exact) mass is 411 g/mol. The summed E-state index contributed by atoms with van der Waals surface area (Å²) < 4.78 is 16.9. The van der Waals surface area contributed by atoms with Crippen molar-refractivity contribution in [3.8, 4) is 17.1 Å². The Labute approximate surface area is 176 Å². The number of para-hydroxylation sites is 1. The van der Waals surface area contributed by atoms with E-state index < -0.39 is 5.63 Å². The molecule has 3 aromatic carbocycles. The fraction of sp³-hybridized carbons (Fsp3) is 0.0400. The first kappa shape index (κ1) is 18.7. The number of amides is 1. The van der Waals surface area contributed by atoms with Crippen LogP contribution in [0.3, 0.4) is 0 Å². The molecule has 1 N–H and O–H groups in total. The largest absolute Gasteiger partial charge is 0.497 e. The lowest BCUT2D eigenvalue weighted by atomic mass is 10.1. The van der Waals surface area contributed by atoms with Gasteiger partial charge in [0.2, 0.25) is 0 Å². The molecular weight excluding hydrogens is 394 g/mol. The highest BCUT2D eigenvalue weighted by molar-refractivity contribution is 6.15. The van der Waals surface area contributed by atoms with E-state index in [1.54, 1.807) is 67.8 Å². The topological polar surface area (TPSA) is 81.7 Å². The van der Waals surface area contributed by atoms with Gasteiger partial charge in [-0.25, -0.2) is 4.79 Å². The predicted octanol–water partition coefficient (Wildman–Crippen LogP) is 5.47. The zero-order valence-electron chi connectivity index (χ0n) is 16.5. The van der Waals surface area contributed by atoms with Gasteiger partial charge in [-0.15, -0.1) is 0 Å². The van der Waals surface area contributed by atoms with E-state index in [-0.39, 0.29) is 17.0 Å². The first-order valence-electron chi connectivity index (χ1n) is 9.65. The maximum Gasteiger partial charge on any atom is 0.349 e. The van der Waals surface area contributed by atoms with E-state index in [4.69, 9.17) is 13.6 Å². The summed E-state index contributed by atoms with van der Waals surface area (Å²) in [6.45, 7) is 0. The van der Waals surface area contributed by atoms with E-state index in [2.05, 4.69) is 5.32 Å². The van der Waals surface area contributed by atoms with E-state index in [1.807, 2.05) is 18.2 Å². The molecule has 0 atom stereocenters. The van der Waals surface area contributed by atoms with Crippen molar-refractivity contribution < 1.29 is 18.4 Å². The highest BCUT2D eigenvalue weighted by atomic mass is 16.5. The average Bonchev–Trinajstić information content (AvgIpc) is 3.20. The molecule has 0 spiro atoms. The summed E-state index contributed by atoms with van der Waals surface area (Å²) in [6.07, 6.45) is 0. The van der Waals surface area contributed by atoms with Crippen LogP contribution in [0.4, 0.5) is 5.69 Å². The zero-order valence-corrected chi connectivity index (χ0v) is 16.5. The standard InChI is InChI=1S/C25H17NO5/c1-29-17-13-11-15(12-14-17)22-21(26-24(27)16-7-3-2-4-8-16)20-23(31-22)18-9-5-6-10-19(18)30-25(20)28/h2-14H,1H3,(H,26,27). The number of nitrogens with one attached hydrogen (secondary N) is 1. The van der Waals surface area contributed by atoms with Crippen LogP contribution in [0.5, 0.6) is 5.75 Å². The van der Waals surface area contributed by atoms with Gasteiger partial charge < -0.3 is 18.9 Å². The minimum atomic E-state index is -0.583. The number of anilines is 1. The van der Waals surface area contributed by atoms with Gasteiger partial charge in [-0.2, -0.15) is 0 Å². The van der Waals surface area contributed by atoms with E-state index in [9.17, 15) is 9.59 Å². The molecule has 5 rings (SSSR count). The Bertz CT molecular complexity index is 1460. The van der Waals surface area contributed by atoms with Gasteiger partial charge in [0.1, 0.15) is 22.4 Å². The van der Waals surface area contributed by atoms with Crippen LogP contribution in [-0.4, -0.2) is 13.0 Å². The molecule has 0 unspecified atom stereocenters.